The van der Waals surface area contributed by atoms with Gasteiger partial charge in [0.25, 0.3) is 0 Å². The molecule has 0 saturated carbocycles. The summed E-state index contributed by atoms with van der Waals surface area (Å²) in [5.74, 6) is -0.824. The van der Waals surface area contributed by atoms with Crippen LogP contribution in [-0.4, -0.2) is 17.1 Å². The first-order valence-corrected chi connectivity index (χ1v) is 5.84. The van der Waals surface area contributed by atoms with Crippen molar-refractivity contribution in [3.8, 4) is 5.75 Å². The molecule has 0 fully saturated rings. The van der Waals surface area contributed by atoms with Crippen molar-refractivity contribution >= 4 is 25.7 Å². The van der Waals surface area contributed by atoms with Gasteiger partial charge >= 0.3 is 14.1 Å². The standard InChI is InChI=1S/C9H9ClNO4P/c1-6(9(12)13)11-16(14)15-8-4-2-7(10)3-5-8/h2-6H,1H3,(H,12,13). The second-order valence-corrected chi connectivity index (χ2v) is 4.24. The van der Waals surface area contributed by atoms with Crippen LogP contribution in [0.2, 0.25) is 5.02 Å². The Hall–Kier alpha value is -1.16. The van der Waals surface area contributed by atoms with Crippen molar-refractivity contribution in [2.75, 3.05) is 0 Å². The number of halogens is 1. The van der Waals surface area contributed by atoms with Gasteiger partial charge in [0.05, 0.1) is 0 Å². The van der Waals surface area contributed by atoms with Crippen molar-refractivity contribution in [1.29, 1.82) is 0 Å². The highest BCUT2D eigenvalue weighted by Crippen LogP contribution is 2.25. The fourth-order valence-corrected chi connectivity index (χ4v) is 1.66. The Labute approximate surface area is 98.3 Å². The van der Waals surface area contributed by atoms with Crippen LogP contribution in [0.25, 0.3) is 0 Å². The van der Waals surface area contributed by atoms with Gasteiger partial charge in [-0.15, -0.1) is 0 Å². The van der Waals surface area contributed by atoms with Crippen LogP contribution in [0.5, 0.6) is 5.75 Å². The number of carbonyl (C=O) groups is 1. The molecular formula is C9H9ClNO4P. The highest BCUT2D eigenvalue weighted by molar-refractivity contribution is 7.34. The van der Waals surface area contributed by atoms with Crippen molar-refractivity contribution in [2.24, 2.45) is 4.74 Å². The molecule has 7 heteroatoms. The Morgan fingerprint density at radius 3 is 2.62 bits per heavy atom. The molecule has 0 aliphatic rings. The summed E-state index contributed by atoms with van der Waals surface area (Å²) < 4.78 is 8.36. The van der Waals surface area contributed by atoms with E-state index in [2.05, 4.69) is 4.74 Å². The van der Waals surface area contributed by atoms with Crippen LogP contribution < -0.4 is 9.42 Å². The zero-order valence-electron chi connectivity index (χ0n) is 8.33. The van der Waals surface area contributed by atoms with Crippen molar-refractivity contribution in [3.63, 3.8) is 0 Å². The Bertz CT molecular complexity index is 406. The lowest BCUT2D eigenvalue weighted by molar-refractivity contribution is -0.169. The zero-order chi connectivity index (χ0) is 12.1. The first kappa shape index (κ1) is 12.9. The summed E-state index contributed by atoms with van der Waals surface area (Å²) in [7, 11) is -2.39. The predicted octanol–water partition coefficient (Wildman–Crippen LogP) is 2.05. The molecule has 1 rings (SSSR count). The van der Waals surface area contributed by atoms with Gasteiger partial charge in [-0.1, -0.05) is 16.3 Å². The van der Waals surface area contributed by atoms with E-state index in [1.54, 1.807) is 12.1 Å². The van der Waals surface area contributed by atoms with Crippen molar-refractivity contribution in [3.05, 3.63) is 29.3 Å². The number of hydrogen-bond donors (Lipinski definition) is 1. The number of benzene rings is 1. The van der Waals surface area contributed by atoms with Gasteiger partial charge in [0.15, 0.2) is 11.8 Å². The largest absolute Gasteiger partial charge is 0.575 e. The molecule has 2 atom stereocenters. The number of carboxylic acid groups (broad SMARTS) is 1. The molecule has 0 spiro atoms. The minimum Gasteiger partial charge on any atom is -0.575 e. The van der Waals surface area contributed by atoms with E-state index in [1.165, 1.54) is 19.1 Å². The molecule has 0 aromatic heterocycles. The fourth-order valence-electron chi connectivity index (χ4n) is 0.800. The quantitative estimate of drug-likeness (QED) is 0.841. The number of nitrogens with zero attached hydrogens (tertiary/aromatic N) is 1. The summed E-state index contributed by atoms with van der Waals surface area (Å²) in [6.07, 6.45) is 0. The highest BCUT2D eigenvalue weighted by atomic mass is 35.5. The van der Waals surface area contributed by atoms with Gasteiger partial charge in [0, 0.05) is 5.02 Å². The normalized spacial score (nSPS) is 13.3. The second kappa shape index (κ2) is 5.80. The SMILES string of the molecule is CC(/N=[P+](\[O-])Oc1ccc(Cl)cc1)C(=O)O. The van der Waals surface area contributed by atoms with E-state index >= 15 is 0 Å². The number of hydrogen-bond acceptors (Lipinski definition) is 4. The molecule has 1 N–H and O–H groups in total. The van der Waals surface area contributed by atoms with E-state index in [-0.39, 0.29) is 0 Å². The zero-order valence-corrected chi connectivity index (χ0v) is 9.98. The third-order valence-electron chi connectivity index (χ3n) is 1.62. The lowest BCUT2D eigenvalue weighted by Gasteiger charge is -1.99. The van der Waals surface area contributed by atoms with Gasteiger partial charge in [-0.3, -0.25) is 4.52 Å². The molecule has 0 amide bonds. The lowest BCUT2D eigenvalue weighted by atomic mass is 10.3. The van der Waals surface area contributed by atoms with Crippen LogP contribution in [0.3, 0.4) is 0 Å². The van der Waals surface area contributed by atoms with Crippen LogP contribution in [-0.2, 0) is 4.79 Å². The van der Waals surface area contributed by atoms with Gasteiger partial charge in [0.1, 0.15) is 0 Å². The van der Waals surface area contributed by atoms with E-state index in [9.17, 15) is 9.69 Å². The topological polar surface area (TPSA) is 82.0 Å². The van der Waals surface area contributed by atoms with Crippen LogP contribution in [0.4, 0.5) is 0 Å². The first-order chi connectivity index (χ1) is 7.49. The molecule has 16 heavy (non-hydrogen) atoms. The molecule has 0 saturated heterocycles. The molecule has 0 radical (unpaired) electrons. The Morgan fingerprint density at radius 1 is 1.56 bits per heavy atom. The average molecular weight is 262 g/mol. The Morgan fingerprint density at radius 2 is 2.12 bits per heavy atom. The van der Waals surface area contributed by atoms with Crippen LogP contribution >= 0.6 is 19.8 Å². The van der Waals surface area contributed by atoms with Crippen molar-refractivity contribution in [2.45, 2.75) is 13.0 Å². The van der Waals surface area contributed by atoms with Gasteiger partial charge in [-0.25, -0.2) is 4.79 Å². The van der Waals surface area contributed by atoms with Gasteiger partial charge in [0.2, 0.25) is 0 Å². The van der Waals surface area contributed by atoms with Crippen LogP contribution in [0, 0.1) is 0 Å². The monoisotopic (exact) mass is 261 g/mol. The summed E-state index contributed by atoms with van der Waals surface area (Å²) in [6.45, 7) is 1.32. The molecule has 1 aromatic carbocycles. The smallest absolute Gasteiger partial charge is 0.395 e. The number of aliphatic carboxylic acids is 1. The fraction of sp³-hybridized carbons (Fsp3) is 0.222. The number of rotatable bonds is 4. The maximum absolute atomic E-state index is 11.3. The lowest BCUT2D eigenvalue weighted by Crippen LogP contribution is -2.13. The third-order valence-corrected chi connectivity index (χ3v) is 2.78. The molecule has 86 valence electrons. The molecule has 2 unspecified atom stereocenters. The van der Waals surface area contributed by atoms with Crippen molar-refractivity contribution < 1.29 is 19.3 Å². The van der Waals surface area contributed by atoms with E-state index in [4.69, 9.17) is 21.2 Å². The summed E-state index contributed by atoms with van der Waals surface area (Å²) in [4.78, 5) is 21.7. The minimum absolute atomic E-state index is 0.326. The van der Waals surface area contributed by atoms with Crippen molar-refractivity contribution in [1.82, 2.24) is 0 Å². The molecule has 0 bridgehead atoms. The molecular weight excluding hydrogens is 253 g/mol. The van der Waals surface area contributed by atoms with Gasteiger partial charge in [-0.2, -0.15) is 0 Å². The minimum atomic E-state index is -2.39. The predicted molar refractivity (Wildman–Crippen MR) is 58.5 cm³/mol. The summed E-state index contributed by atoms with van der Waals surface area (Å²) in [5, 5.41) is 9.06. The number of carboxylic acids is 1. The maximum atomic E-state index is 11.3. The molecule has 0 aliphatic heterocycles. The van der Waals surface area contributed by atoms with Crippen LogP contribution in [0.1, 0.15) is 6.92 Å². The molecule has 0 aliphatic carbocycles. The summed E-state index contributed by atoms with van der Waals surface area (Å²) >= 11 is 5.64. The average Bonchev–Trinajstić information content (AvgIpc) is 2.21. The van der Waals surface area contributed by atoms with Gasteiger partial charge in [-0.05, 0) is 31.2 Å². The van der Waals surface area contributed by atoms with E-state index in [0.29, 0.717) is 10.8 Å². The van der Waals surface area contributed by atoms with E-state index in [0.717, 1.165) is 0 Å². The third kappa shape index (κ3) is 4.14. The molecule has 0 heterocycles. The molecule has 1 aromatic rings. The van der Waals surface area contributed by atoms with E-state index in [1.807, 2.05) is 0 Å². The van der Waals surface area contributed by atoms with Crippen LogP contribution in [0.15, 0.2) is 29.0 Å². The van der Waals surface area contributed by atoms with E-state index < -0.39 is 20.2 Å². The van der Waals surface area contributed by atoms with Gasteiger partial charge < -0.3 is 10.00 Å². The maximum Gasteiger partial charge on any atom is 0.395 e. The summed E-state index contributed by atoms with van der Waals surface area (Å²) in [5.41, 5.74) is 0. The first-order valence-electron chi connectivity index (χ1n) is 4.33. The Balaban J connectivity index is 2.67. The highest BCUT2D eigenvalue weighted by Gasteiger charge is 2.15. The summed E-state index contributed by atoms with van der Waals surface area (Å²) in [6, 6.07) is 5.13. The second-order valence-electron chi connectivity index (χ2n) is 2.91. The molecule has 5 nitrogen and oxygen atoms in total. The Kier molecular flexibility index (Phi) is 4.68.